The van der Waals surface area contributed by atoms with Gasteiger partial charge in [0.05, 0.1) is 16.3 Å². The van der Waals surface area contributed by atoms with E-state index in [1.54, 1.807) is 0 Å². The lowest BCUT2D eigenvalue weighted by Gasteiger charge is -2.09. The van der Waals surface area contributed by atoms with Crippen molar-refractivity contribution in [2.45, 2.75) is 25.7 Å². The van der Waals surface area contributed by atoms with E-state index < -0.39 is 11.9 Å². The minimum atomic E-state index is -0.999. The SMILES string of the molecule is O=C(O)CCCCCNc1cc(C(=O)O)ccc1Cl. The van der Waals surface area contributed by atoms with Gasteiger partial charge in [-0.2, -0.15) is 0 Å². The van der Waals surface area contributed by atoms with Crippen LogP contribution >= 0.6 is 11.6 Å². The van der Waals surface area contributed by atoms with E-state index in [-0.39, 0.29) is 12.0 Å². The first-order valence-electron chi connectivity index (χ1n) is 5.99. The van der Waals surface area contributed by atoms with Crippen LogP contribution in [0.15, 0.2) is 18.2 Å². The maximum absolute atomic E-state index is 10.8. The number of aliphatic carboxylic acids is 1. The van der Waals surface area contributed by atoms with Crippen molar-refractivity contribution < 1.29 is 19.8 Å². The van der Waals surface area contributed by atoms with Gasteiger partial charge >= 0.3 is 11.9 Å². The highest BCUT2D eigenvalue weighted by Crippen LogP contribution is 2.23. The van der Waals surface area contributed by atoms with E-state index >= 15 is 0 Å². The first-order valence-corrected chi connectivity index (χ1v) is 6.37. The summed E-state index contributed by atoms with van der Waals surface area (Å²) < 4.78 is 0. The number of halogens is 1. The maximum atomic E-state index is 10.8. The van der Waals surface area contributed by atoms with Crippen molar-refractivity contribution in [2.75, 3.05) is 11.9 Å². The molecule has 6 heteroatoms. The number of benzene rings is 1. The zero-order valence-electron chi connectivity index (χ0n) is 10.4. The highest BCUT2D eigenvalue weighted by Gasteiger charge is 2.06. The molecule has 1 aromatic rings. The van der Waals surface area contributed by atoms with Crippen molar-refractivity contribution in [2.24, 2.45) is 0 Å². The van der Waals surface area contributed by atoms with Gasteiger partial charge in [0.25, 0.3) is 0 Å². The van der Waals surface area contributed by atoms with Gasteiger partial charge in [-0.05, 0) is 31.0 Å². The van der Waals surface area contributed by atoms with E-state index in [2.05, 4.69) is 5.32 Å². The number of carboxylic acid groups (broad SMARTS) is 2. The molecule has 0 heterocycles. The Labute approximate surface area is 116 Å². The molecule has 1 rings (SSSR count). The number of anilines is 1. The molecule has 19 heavy (non-hydrogen) atoms. The number of carbonyl (C=O) groups is 2. The monoisotopic (exact) mass is 285 g/mol. The summed E-state index contributed by atoms with van der Waals surface area (Å²) in [6.07, 6.45) is 2.42. The van der Waals surface area contributed by atoms with Crippen LogP contribution in [0.5, 0.6) is 0 Å². The molecule has 104 valence electrons. The predicted octanol–water partition coefficient (Wildman–Crippen LogP) is 3.10. The Hall–Kier alpha value is -1.75. The van der Waals surface area contributed by atoms with Gasteiger partial charge in [0, 0.05) is 13.0 Å². The lowest BCUT2D eigenvalue weighted by Crippen LogP contribution is -2.04. The molecule has 0 saturated carbocycles. The molecule has 0 aliphatic carbocycles. The fourth-order valence-electron chi connectivity index (χ4n) is 1.59. The Morgan fingerprint density at radius 1 is 1.16 bits per heavy atom. The number of carboxylic acids is 2. The van der Waals surface area contributed by atoms with Gasteiger partial charge in [-0.3, -0.25) is 4.79 Å². The number of nitrogens with one attached hydrogen (secondary N) is 1. The first-order chi connectivity index (χ1) is 9.00. The molecule has 1 aromatic carbocycles. The molecule has 0 atom stereocenters. The normalized spacial score (nSPS) is 10.2. The quantitative estimate of drug-likeness (QED) is 0.639. The third kappa shape index (κ3) is 5.61. The summed E-state index contributed by atoms with van der Waals surface area (Å²) in [6.45, 7) is 0.627. The molecule has 0 aliphatic heterocycles. The molecule has 0 fully saturated rings. The number of unbranched alkanes of at least 4 members (excludes halogenated alkanes) is 2. The van der Waals surface area contributed by atoms with Crippen molar-refractivity contribution in [1.29, 1.82) is 0 Å². The van der Waals surface area contributed by atoms with E-state index in [9.17, 15) is 9.59 Å². The largest absolute Gasteiger partial charge is 0.481 e. The van der Waals surface area contributed by atoms with Gasteiger partial charge in [-0.1, -0.05) is 18.0 Å². The van der Waals surface area contributed by atoms with Gasteiger partial charge in [0.2, 0.25) is 0 Å². The van der Waals surface area contributed by atoms with Crippen LogP contribution < -0.4 is 5.32 Å². The molecule has 0 amide bonds. The Kier molecular flexibility index (Phi) is 6.15. The fourth-order valence-corrected chi connectivity index (χ4v) is 1.78. The first kappa shape index (κ1) is 15.3. The minimum Gasteiger partial charge on any atom is -0.481 e. The van der Waals surface area contributed by atoms with Crippen LogP contribution in [-0.2, 0) is 4.79 Å². The summed E-state index contributed by atoms with van der Waals surface area (Å²) in [7, 11) is 0. The summed E-state index contributed by atoms with van der Waals surface area (Å²) in [6, 6.07) is 4.47. The van der Waals surface area contributed by atoms with Crippen LogP contribution in [0.1, 0.15) is 36.0 Å². The van der Waals surface area contributed by atoms with Crippen LogP contribution in [0, 0.1) is 0 Å². The zero-order valence-corrected chi connectivity index (χ0v) is 11.1. The molecule has 0 radical (unpaired) electrons. The topological polar surface area (TPSA) is 86.6 Å². The molecule has 0 bridgehead atoms. The third-order valence-corrected chi connectivity index (χ3v) is 2.93. The second-order valence-corrected chi connectivity index (χ2v) is 4.54. The van der Waals surface area contributed by atoms with Gasteiger partial charge in [0.15, 0.2) is 0 Å². The van der Waals surface area contributed by atoms with Crippen LogP contribution in [0.4, 0.5) is 5.69 Å². The highest BCUT2D eigenvalue weighted by molar-refractivity contribution is 6.33. The Morgan fingerprint density at radius 2 is 1.89 bits per heavy atom. The number of rotatable bonds is 8. The van der Waals surface area contributed by atoms with Crippen molar-refractivity contribution >= 4 is 29.2 Å². The molecule has 0 saturated heterocycles. The van der Waals surface area contributed by atoms with Gasteiger partial charge < -0.3 is 15.5 Å². The lowest BCUT2D eigenvalue weighted by molar-refractivity contribution is -0.137. The minimum absolute atomic E-state index is 0.176. The van der Waals surface area contributed by atoms with E-state index in [1.165, 1.54) is 18.2 Å². The Morgan fingerprint density at radius 3 is 2.53 bits per heavy atom. The van der Waals surface area contributed by atoms with Crippen molar-refractivity contribution in [3.8, 4) is 0 Å². The average molecular weight is 286 g/mol. The van der Waals surface area contributed by atoms with Crippen LogP contribution in [0.2, 0.25) is 5.02 Å². The molecular weight excluding hydrogens is 270 g/mol. The van der Waals surface area contributed by atoms with Crippen LogP contribution in [0.25, 0.3) is 0 Å². The van der Waals surface area contributed by atoms with E-state index in [4.69, 9.17) is 21.8 Å². The maximum Gasteiger partial charge on any atom is 0.335 e. The smallest absolute Gasteiger partial charge is 0.335 e. The summed E-state index contributed by atoms with van der Waals surface area (Å²) in [4.78, 5) is 21.1. The van der Waals surface area contributed by atoms with Crippen LogP contribution in [-0.4, -0.2) is 28.7 Å². The summed E-state index contributed by atoms with van der Waals surface area (Å²) in [5.74, 6) is -1.79. The summed E-state index contributed by atoms with van der Waals surface area (Å²) in [5.41, 5.74) is 0.762. The number of hydrogen-bond acceptors (Lipinski definition) is 3. The van der Waals surface area contributed by atoms with E-state index in [0.29, 0.717) is 23.7 Å². The second-order valence-electron chi connectivity index (χ2n) is 4.13. The Balaban J connectivity index is 2.38. The van der Waals surface area contributed by atoms with Gasteiger partial charge in [0.1, 0.15) is 0 Å². The molecule has 5 nitrogen and oxygen atoms in total. The van der Waals surface area contributed by atoms with Crippen molar-refractivity contribution in [3.05, 3.63) is 28.8 Å². The molecule has 0 unspecified atom stereocenters. The van der Waals surface area contributed by atoms with Crippen molar-refractivity contribution in [1.82, 2.24) is 0 Å². The fraction of sp³-hybridized carbons (Fsp3) is 0.385. The number of aromatic carboxylic acids is 1. The van der Waals surface area contributed by atoms with Gasteiger partial charge in [-0.15, -0.1) is 0 Å². The zero-order chi connectivity index (χ0) is 14.3. The summed E-state index contributed by atoms with van der Waals surface area (Å²) in [5, 5.41) is 20.9. The standard InChI is InChI=1S/C13H16ClNO4/c14-10-6-5-9(13(18)19)8-11(10)15-7-3-1-2-4-12(16)17/h5-6,8,15H,1-4,7H2,(H,16,17)(H,18,19). The third-order valence-electron chi connectivity index (χ3n) is 2.60. The summed E-state index contributed by atoms with van der Waals surface area (Å²) >= 11 is 5.95. The molecular formula is C13H16ClNO4. The van der Waals surface area contributed by atoms with E-state index in [1.807, 2.05) is 0 Å². The average Bonchev–Trinajstić information content (AvgIpc) is 2.34. The second kappa shape index (κ2) is 7.63. The van der Waals surface area contributed by atoms with Crippen molar-refractivity contribution in [3.63, 3.8) is 0 Å². The number of hydrogen-bond donors (Lipinski definition) is 3. The predicted molar refractivity (Wildman–Crippen MR) is 73.0 cm³/mol. The highest BCUT2D eigenvalue weighted by atomic mass is 35.5. The molecule has 0 aromatic heterocycles. The van der Waals surface area contributed by atoms with Crippen LogP contribution in [0.3, 0.4) is 0 Å². The molecule has 0 spiro atoms. The van der Waals surface area contributed by atoms with Gasteiger partial charge in [-0.25, -0.2) is 4.79 Å². The lowest BCUT2D eigenvalue weighted by atomic mass is 10.1. The molecule has 0 aliphatic rings. The molecule has 3 N–H and O–H groups in total. The Bertz CT molecular complexity index is 462. The van der Waals surface area contributed by atoms with E-state index in [0.717, 1.165) is 12.8 Å².